The number of hydrogen-bond donors (Lipinski definition) is 2. The molecular weight excluding hydrogens is 336 g/mol. The molecule has 0 aliphatic rings. The molecule has 0 bridgehead atoms. The Morgan fingerprint density at radius 3 is 2.63 bits per heavy atom. The Morgan fingerprint density at radius 1 is 1.07 bits per heavy atom. The van der Waals surface area contributed by atoms with Crippen molar-refractivity contribution in [3.8, 4) is 0 Å². The molecule has 0 aliphatic heterocycles. The Morgan fingerprint density at radius 2 is 1.81 bits per heavy atom. The number of rotatable bonds is 4. The van der Waals surface area contributed by atoms with Crippen molar-refractivity contribution in [2.24, 2.45) is 5.10 Å². The van der Waals surface area contributed by atoms with Gasteiger partial charge in [0.15, 0.2) is 0 Å². The average molecular weight is 356 g/mol. The first kappa shape index (κ1) is 17.0. The van der Waals surface area contributed by atoms with Crippen LogP contribution in [0.1, 0.15) is 41.4 Å². The first-order valence-electron chi connectivity index (χ1n) is 8.92. The molecule has 0 unspecified atom stereocenters. The Bertz CT molecular complexity index is 1150. The molecule has 0 spiro atoms. The van der Waals surface area contributed by atoms with Crippen LogP contribution in [-0.4, -0.2) is 22.1 Å². The number of fused-ring (bicyclic) bond motifs is 2. The topological polar surface area (TPSA) is 70.1 Å². The molecule has 1 amide bonds. The predicted molar refractivity (Wildman–Crippen MR) is 109 cm³/mol. The van der Waals surface area contributed by atoms with Crippen LogP contribution in [0.4, 0.5) is 0 Å². The molecule has 2 aromatic heterocycles. The summed E-state index contributed by atoms with van der Waals surface area (Å²) in [5.74, 6) is -0.0347. The first-order valence-corrected chi connectivity index (χ1v) is 8.92. The number of hydrazone groups is 1. The van der Waals surface area contributed by atoms with Gasteiger partial charge in [0.2, 0.25) is 0 Å². The lowest BCUT2D eigenvalue weighted by molar-refractivity contribution is 0.0949. The number of benzene rings is 2. The zero-order valence-electron chi connectivity index (χ0n) is 15.2. The number of aromatic nitrogens is 2. The van der Waals surface area contributed by atoms with Crippen molar-refractivity contribution in [3.63, 3.8) is 0 Å². The van der Waals surface area contributed by atoms with Crippen LogP contribution in [0.15, 0.2) is 66.0 Å². The van der Waals surface area contributed by atoms with Gasteiger partial charge >= 0.3 is 0 Å². The molecule has 0 fully saturated rings. The molecule has 2 N–H and O–H groups in total. The predicted octanol–water partition coefficient (Wildman–Crippen LogP) is 4.60. The van der Waals surface area contributed by atoms with Crippen LogP contribution in [0, 0.1) is 0 Å². The fourth-order valence-corrected chi connectivity index (χ4v) is 3.40. The van der Waals surface area contributed by atoms with E-state index in [9.17, 15) is 4.79 Å². The molecular formula is C22H20N4O. The van der Waals surface area contributed by atoms with E-state index in [0.29, 0.717) is 5.69 Å². The van der Waals surface area contributed by atoms with Crippen molar-refractivity contribution >= 4 is 33.8 Å². The Labute approximate surface area is 157 Å². The van der Waals surface area contributed by atoms with Gasteiger partial charge in [-0.2, -0.15) is 5.10 Å². The minimum absolute atomic E-state index is 0.216. The van der Waals surface area contributed by atoms with Crippen LogP contribution in [0.25, 0.3) is 21.7 Å². The minimum Gasteiger partial charge on any atom is -0.350 e. The van der Waals surface area contributed by atoms with Gasteiger partial charge in [0.25, 0.3) is 5.91 Å². The zero-order valence-corrected chi connectivity index (χ0v) is 15.2. The van der Waals surface area contributed by atoms with E-state index in [1.54, 1.807) is 12.4 Å². The van der Waals surface area contributed by atoms with Crippen molar-refractivity contribution < 1.29 is 4.79 Å². The summed E-state index contributed by atoms with van der Waals surface area (Å²) in [7, 11) is 0. The molecule has 0 saturated carbocycles. The SMILES string of the molecule is CC(C)c1c(C(=O)N/N=C\c2cncc3ccccc23)[nH]c2ccccc12. The summed E-state index contributed by atoms with van der Waals surface area (Å²) in [5.41, 5.74) is 6.01. The quantitative estimate of drug-likeness (QED) is 0.414. The number of nitrogens with zero attached hydrogens (tertiary/aromatic N) is 2. The first-order chi connectivity index (χ1) is 13.1. The van der Waals surface area contributed by atoms with Crippen molar-refractivity contribution in [3.05, 3.63) is 77.7 Å². The lowest BCUT2D eigenvalue weighted by Gasteiger charge is -2.07. The number of carbonyl (C=O) groups excluding carboxylic acids is 1. The number of para-hydroxylation sites is 1. The maximum atomic E-state index is 12.7. The minimum atomic E-state index is -0.251. The van der Waals surface area contributed by atoms with Gasteiger partial charge in [0, 0.05) is 34.2 Å². The van der Waals surface area contributed by atoms with Crippen molar-refractivity contribution in [1.29, 1.82) is 0 Å². The van der Waals surface area contributed by atoms with Crippen LogP contribution < -0.4 is 5.43 Å². The van der Waals surface area contributed by atoms with Crippen LogP contribution in [-0.2, 0) is 0 Å². The van der Waals surface area contributed by atoms with Gasteiger partial charge in [-0.3, -0.25) is 9.78 Å². The summed E-state index contributed by atoms with van der Waals surface area (Å²) in [6.07, 6.45) is 5.18. The zero-order chi connectivity index (χ0) is 18.8. The lowest BCUT2D eigenvalue weighted by Crippen LogP contribution is -2.20. The van der Waals surface area contributed by atoms with E-state index in [2.05, 4.69) is 34.3 Å². The fourth-order valence-electron chi connectivity index (χ4n) is 3.40. The number of nitrogens with one attached hydrogen (secondary N) is 2. The van der Waals surface area contributed by atoms with Gasteiger partial charge < -0.3 is 4.98 Å². The fraction of sp³-hybridized carbons (Fsp3) is 0.136. The summed E-state index contributed by atoms with van der Waals surface area (Å²) < 4.78 is 0. The summed E-state index contributed by atoms with van der Waals surface area (Å²) in [4.78, 5) is 20.2. The number of H-pyrrole nitrogens is 1. The van der Waals surface area contributed by atoms with E-state index < -0.39 is 0 Å². The highest BCUT2D eigenvalue weighted by atomic mass is 16.2. The second-order valence-corrected chi connectivity index (χ2v) is 6.76. The second kappa shape index (κ2) is 7.03. The molecule has 134 valence electrons. The maximum absolute atomic E-state index is 12.7. The largest absolute Gasteiger partial charge is 0.350 e. The summed E-state index contributed by atoms with van der Waals surface area (Å²) in [6, 6.07) is 15.9. The lowest BCUT2D eigenvalue weighted by atomic mass is 9.99. The van der Waals surface area contributed by atoms with Crippen LogP contribution in [0.5, 0.6) is 0 Å². The third kappa shape index (κ3) is 3.19. The number of pyridine rings is 1. The highest BCUT2D eigenvalue weighted by Gasteiger charge is 2.19. The molecule has 5 nitrogen and oxygen atoms in total. The molecule has 2 heterocycles. The summed E-state index contributed by atoms with van der Waals surface area (Å²) in [5, 5.41) is 7.30. The molecule has 2 aromatic carbocycles. The Kier molecular flexibility index (Phi) is 4.42. The van der Waals surface area contributed by atoms with Gasteiger partial charge in [0.1, 0.15) is 5.69 Å². The van der Waals surface area contributed by atoms with Gasteiger partial charge in [-0.15, -0.1) is 0 Å². The van der Waals surface area contributed by atoms with Crippen molar-refractivity contribution in [1.82, 2.24) is 15.4 Å². The van der Waals surface area contributed by atoms with Crippen LogP contribution in [0.3, 0.4) is 0 Å². The molecule has 4 rings (SSSR count). The van der Waals surface area contributed by atoms with Crippen molar-refractivity contribution in [2.45, 2.75) is 19.8 Å². The smallest absolute Gasteiger partial charge is 0.288 e. The second-order valence-electron chi connectivity index (χ2n) is 6.76. The molecule has 4 aromatic rings. The van der Waals surface area contributed by atoms with E-state index in [-0.39, 0.29) is 11.8 Å². The molecule has 0 radical (unpaired) electrons. The number of hydrogen-bond acceptors (Lipinski definition) is 3. The average Bonchev–Trinajstić information content (AvgIpc) is 3.08. The summed E-state index contributed by atoms with van der Waals surface area (Å²) in [6.45, 7) is 4.16. The van der Waals surface area contributed by atoms with Gasteiger partial charge in [-0.05, 0) is 22.9 Å². The summed E-state index contributed by atoms with van der Waals surface area (Å²) >= 11 is 0. The van der Waals surface area contributed by atoms with Crippen LogP contribution in [0.2, 0.25) is 0 Å². The third-order valence-electron chi connectivity index (χ3n) is 4.62. The molecule has 0 aliphatic carbocycles. The third-order valence-corrected chi connectivity index (χ3v) is 4.62. The van der Waals surface area contributed by atoms with Crippen LogP contribution >= 0.6 is 0 Å². The highest BCUT2D eigenvalue weighted by Crippen LogP contribution is 2.29. The molecule has 0 atom stereocenters. The molecule has 27 heavy (non-hydrogen) atoms. The van der Waals surface area contributed by atoms with E-state index >= 15 is 0 Å². The normalized spacial score (nSPS) is 11.7. The van der Waals surface area contributed by atoms with Crippen molar-refractivity contribution in [2.75, 3.05) is 0 Å². The highest BCUT2D eigenvalue weighted by molar-refractivity contribution is 6.03. The molecule has 0 saturated heterocycles. The van der Waals surface area contributed by atoms with Gasteiger partial charge in [0.05, 0.1) is 6.21 Å². The maximum Gasteiger partial charge on any atom is 0.288 e. The van der Waals surface area contributed by atoms with E-state index in [1.807, 2.05) is 54.7 Å². The number of aromatic amines is 1. The standard InChI is InChI=1S/C22H20N4O/c1-14(2)20-18-9-5-6-10-19(18)25-21(20)22(27)26-24-13-16-12-23-11-15-7-3-4-8-17(15)16/h3-14,25H,1-2H3,(H,26,27)/b24-13-. The Balaban J connectivity index is 1.62. The Hall–Kier alpha value is -3.47. The monoisotopic (exact) mass is 356 g/mol. The van der Waals surface area contributed by atoms with E-state index in [0.717, 1.165) is 32.8 Å². The van der Waals surface area contributed by atoms with E-state index in [4.69, 9.17) is 0 Å². The van der Waals surface area contributed by atoms with Gasteiger partial charge in [-0.1, -0.05) is 56.3 Å². The molecule has 5 heteroatoms. The number of amides is 1. The van der Waals surface area contributed by atoms with E-state index in [1.165, 1.54) is 0 Å². The number of carbonyl (C=O) groups is 1. The van der Waals surface area contributed by atoms with Gasteiger partial charge in [-0.25, -0.2) is 5.43 Å².